The van der Waals surface area contributed by atoms with E-state index >= 15 is 0 Å². The van der Waals surface area contributed by atoms with E-state index in [1.54, 1.807) is 11.7 Å². The topological polar surface area (TPSA) is 59.4 Å². The average molecular weight is 343 g/mol. The number of imidazole rings is 1. The summed E-state index contributed by atoms with van der Waals surface area (Å²) >= 11 is 0. The molecular weight excluding hydrogens is 331 g/mol. The highest BCUT2D eigenvalue weighted by molar-refractivity contribution is 5.90. The van der Waals surface area contributed by atoms with Crippen LogP contribution in [0.2, 0.25) is 0 Å². The zero-order valence-corrected chi connectivity index (χ0v) is 13.0. The van der Waals surface area contributed by atoms with E-state index in [1.165, 1.54) is 6.07 Å². The molecule has 0 saturated heterocycles. The number of rotatable bonds is 2. The number of nitrogens with zero attached hydrogens (tertiary/aromatic N) is 4. The molecule has 5 nitrogen and oxygen atoms in total. The summed E-state index contributed by atoms with van der Waals surface area (Å²) in [6.45, 7) is 0. The van der Waals surface area contributed by atoms with Gasteiger partial charge in [-0.05, 0) is 12.1 Å². The van der Waals surface area contributed by atoms with Gasteiger partial charge in [0.05, 0.1) is 0 Å². The van der Waals surface area contributed by atoms with Crippen molar-refractivity contribution in [3.05, 3.63) is 54.4 Å². The molecule has 1 N–H and O–H groups in total. The highest BCUT2D eigenvalue weighted by Gasteiger charge is 2.32. The molecule has 0 unspecified atom stereocenters. The van der Waals surface area contributed by atoms with Crippen LogP contribution in [0.15, 0.2) is 48.7 Å². The molecule has 0 atom stereocenters. The van der Waals surface area contributed by atoms with Gasteiger partial charge in [-0.15, -0.1) is 0 Å². The number of benzene rings is 1. The predicted octanol–water partition coefficient (Wildman–Crippen LogP) is 4.04. The maximum Gasteiger partial charge on any atom is 0.433 e. The van der Waals surface area contributed by atoms with E-state index in [4.69, 9.17) is 0 Å². The molecule has 4 rings (SSSR count). The minimum Gasteiger partial charge on any atom is -0.335 e. The number of aromatic amines is 1. The van der Waals surface area contributed by atoms with Gasteiger partial charge in [0, 0.05) is 24.4 Å². The van der Waals surface area contributed by atoms with Crippen molar-refractivity contribution in [3.8, 4) is 22.6 Å². The van der Waals surface area contributed by atoms with E-state index in [9.17, 15) is 13.2 Å². The second-order valence-electron chi connectivity index (χ2n) is 5.55. The Hall–Kier alpha value is -3.16. The summed E-state index contributed by atoms with van der Waals surface area (Å²) in [6.07, 6.45) is -3.30. The first-order chi connectivity index (χ1) is 11.9. The predicted molar refractivity (Wildman–Crippen MR) is 86.5 cm³/mol. The third kappa shape index (κ3) is 2.65. The fourth-order valence-corrected chi connectivity index (χ4v) is 2.65. The van der Waals surface area contributed by atoms with Crippen molar-refractivity contribution in [1.82, 2.24) is 24.7 Å². The van der Waals surface area contributed by atoms with Crippen LogP contribution in [-0.4, -0.2) is 24.7 Å². The van der Waals surface area contributed by atoms with E-state index < -0.39 is 11.9 Å². The van der Waals surface area contributed by atoms with Crippen LogP contribution >= 0.6 is 0 Å². The molecule has 0 radical (unpaired) electrons. The number of H-pyrrole nitrogens is 1. The van der Waals surface area contributed by atoms with Gasteiger partial charge in [0.1, 0.15) is 22.7 Å². The van der Waals surface area contributed by atoms with Crippen LogP contribution in [0.5, 0.6) is 0 Å². The quantitative estimate of drug-likeness (QED) is 0.597. The van der Waals surface area contributed by atoms with Gasteiger partial charge in [-0.1, -0.05) is 30.3 Å². The molecule has 0 fully saturated rings. The maximum atomic E-state index is 12.6. The summed E-state index contributed by atoms with van der Waals surface area (Å²) in [5, 5.41) is 4.46. The lowest BCUT2D eigenvalue weighted by Crippen LogP contribution is -2.07. The third-order valence-electron chi connectivity index (χ3n) is 3.85. The Balaban J connectivity index is 1.80. The summed E-state index contributed by atoms with van der Waals surface area (Å²) in [5.74, 6) is 0.446. The fourth-order valence-electron chi connectivity index (χ4n) is 2.65. The first-order valence-electron chi connectivity index (χ1n) is 7.45. The van der Waals surface area contributed by atoms with Gasteiger partial charge >= 0.3 is 6.18 Å². The molecule has 3 heterocycles. The molecular formula is C17H12F3N5. The lowest BCUT2D eigenvalue weighted by atomic mass is 10.1. The van der Waals surface area contributed by atoms with Crippen molar-refractivity contribution >= 4 is 11.2 Å². The molecule has 0 aliphatic rings. The van der Waals surface area contributed by atoms with Gasteiger partial charge in [0.2, 0.25) is 0 Å². The number of nitrogens with one attached hydrogen (secondary N) is 1. The van der Waals surface area contributed by atoms with Gasteiger partial charge < -0.3 is 4.98 Å². The zero-order valence-electron chi connectivity index (χ0n) is 13.0. The highest BCUT2D eigenvalue weighted by atomic mass is 19.4. The Bertz CT molecular complexity index is 1030. The third-order valence-corrected chi connectivity index (χ3v) is 3.85. The SMILES string of the molecule is Cn1nc(-c2ccccc2)c2[nH]c(-c3ccc(C(F)(F)F)nc3)nc21. The van der Waals surface area contributed by atoms with Gasteiger partial charge in [0.15, 0.2) is 5.65 Å². The smallest absolute Gasteiger partial charge is 0.335 e. The number of alkyl halides is 3. The number of aromatic nitrogens is 5. The summed E-state index contributed by atoms with van der Waals surface area (Å²) in [6, 6.07) is 11.9. The second-order valence-corrected chi connectivity index (χ2v) is 5.55. The number of halogens is 3. The molecule has 126 valence electrons. The van der Waals surface area contributed by atoms with Crippen LogP contribution < -0.4 is 0 Å². The normalized spacial score (nSPS) is 12.0. The van der Waals surface area contributed by atoms with E-state index in [2.05, 4.69) is 20.1 Å². The summed E-state index contributed by atoms with van der Waals surface area (Å²) in [7, 11) is 1.77. The monoisotopic (exact) mass is 343 g/mol. The van der Waals surface area contributed by atoms with Crippen LogP contribution in [0.25, 0.3) is 33.8 Å². The number of hydrogen-bond acceptors (Lipinski definition) is 3. The van der Waals surface area contributed by atoms with E-state index in [-0.39, 0.29) is 0 Å². The molecule has 8 heteroatoms. The minimum atomic E-state index is -4.46. The highest BCUT2D eigenvalue weighted by Crippen LogP contribution is 2.30. The Kier molecular flexibility index (Phi) is 3.34. The number of aryl methyl sites for hydroxylation is 1. The first kappa shape index (κ1) is 15.4. The van der Waals surface area contributed by atoms with Crippen LogP contribution in [0.1, 0.15) is 5.69 Å². The van der Waals surface area contributed by atoms with Crippen molar-refractivity contribution in [2.24, 2.45) is 7.05 Å². The molecule has 0 amide bonds. The second kappa shape index (κ2) is 5.44. The molecule has 4 aromatic rings. The molecule has 0 aliphatic heterocycles. The van der Waals surface area contributed by atoms with E-state index in [0.29, 0.717) is 17.0 Å². The molecule has 0 aliphatic carbocycles. The number of hydrogen-bond donors (Lipinski definition) is 1. The molecule has 3 aromatic heterocycles. The van der Waals surface area contributed by atoms with Crippen LogP contribution in [0.3, 0.4) is 0 Å². The Morgan fingerprint density at radius 2 is 1.76 bits per heavy atom. The van der Waals surface area contributed by atoms with Crippen molar-refractivity contribution in [2.75, 3.05) is 0 Å². The van der Waals surface area contributed by atoms with Gasteiger partial charge in [-0.25, -0.2) is 9.67 Å². The summed E-state index contributed by atoms with van der Waals surface area (Å²) in [4.78, 5) is 11.1. The Labute approximate surface area is 140 Å². The van der Waals surface area contributed by atoms with Gasteiger partial charge in [-0.3, -0.25) is 4.98 Å². The number of fused-ring (bicyclic) bond motifs is 1. The standard InChI is InChI=1S/C17H12F3N5/c1-25-16-14(13(24-25)10-5-3-2-4-6-10)22-15(23-16)11-7-8-12(21-9-11)17(18,19)20/h2-9H,1H3,(H,22,23). The average Bonchev–Trinajstić information content (AvgIpc) is 3.16. The summed E-state index contributed by atoms with van der Waals surface area (Å²) < 4.78 is 39.5. The summed E-state index contributed by atoms with van der Waals surface area (Å²) in [5.41, 5.74) is 2.55. The minimum absolute atomic E-state index is 0.446. The van der Waals surface area contributed by atoms with Gasteiger partial charge in [-0.2, -0.15) is 18.3 Å². The van der Waals surface area contributed by atoms with Crippen molar-refractivity contribution in [3.63, 3.8) is 0 Å². The molecule has 0 saturated carbocycles. The zero-order chi connectivity index (χ0) is 17.6. The van der Waals surface area contributed by atoms with Crippen LogP contribution in [0, 0.1) is 0 Å². The Morgan fingerprint density at radius 1 is 1.00 bits per heavy atom. The molecule has 0 spiro atoms. The van der Waals surface area contributed by atoms with Gasteiger partial charge in [0.25, 0.3) is 0 Å². The van der Waals surface area contributed by atoms with E-state index in [1.807, 2.05) is 30.3 Å². The Morgan fingerprint density at radius 3 is 2.40 bits per heavy atom. The lowest BCUT2D eigenvalue weighted by Gasteiger charge is -2.05. The van der Waals surface area contributed by atoms with Crippen LogP contribution in [-0.2, 0) is 13.2 Å². The van der Waals surface area contributed by atoms with Crippen LogP contribution in [0.4, 0.5) is 13.2 Å². The molecule has 1 aromatic carbocycles. The molecule has 25 heavy (non-hydrogen) atoms. The number of pyridine rings is 1. The molecule has 0 bridgehead atoms. The van der Waals surface area contributed by atoms with Crippen molar-refractivity contribution in [1.29, 1.82) is 0 Å². The van der Waals surface area contributed by atoms with E-state index in [0.717, 1.165) is 29.0 Å². The van der Waals surface area contributed by atoms with Crippen molar-refractivity contribution < 1.29 is 13.2 Å². The first-order valence-corrected chi connectivity index (χ1v) is 7.45. The lowest BCUT2D eigenvalue weighted by molar-refractivity contribution is -0.141. The van der Waals surface area contributed by atoms with Crippen molar-refractivity contribution in [2.45, 2.75) is 6.18 Å². The fraction of sp³-hybridized carbons (Fsp3) is 0.118. The maximum absolute atomic E-state index is 12.6. The largest absolute Gasteiger partial charge is 0.433 e.